The fraction of sp³-hybridized carbons (Fsp3) is 0.588. The first kappa shape index (κ1) is 18.9. The molecular weight excluding hydrogens is 326 g/mol. The SMILES string of the molecule is CCCNS(=O)(=O)c1ccc(NC(=O)CN2CCCCCC2)cc1. The van der Waals surface area contributed by atoms with Gasteiger partial charge in [0.25, 0.3) is 0 Å². The maximum Gasteiger partial charge on any atom is 0.240 e. The number of rotatable bonds is 7. The summed E-state index contributed by atoms with van der Waals surface area (Å²) in [4.78, 5) is 14.5. The van der Waals surface area contributed by atoms with Crippen LogP contribution in [0.2, 0.25) is 0 Å². The molecule has 1 heterocycles. The predicted octanol–water partition coefficient (Wildman–Crippen LogP) is 2.19. The van der Waals surface area contributed by atoms with Crippen molar-refractivity contribution in [2.75, 3.05) is 31.5 Å². The summed E-state index contributed by atoms with van der Waals surface area (Å²) in [5.74, 6) is -0.0587. The van der Waals surface area contributed by atoms with E-state index in [0.717, 1.165) is 32.4 Å². The number of likely N-dealkylation sites (tertiary alicyclic amines) is 1. The van der Waals surface area contributed by atoms with E-state index in [1.807, 2.05) is 6.92 Å². The molecule has 0 unspecified atom stereocenters. The van der Waals surface area contributed by atoms with Crippen LogP contribution in [0.3, 0.4) is 0 Å². The minimum Gasteiger partial charge on any atom is -0.325 e. The minimum absolute atomic E-state index is 0.0587. The van der Waals surface area contributed by atoms with Crippen LogP contribution < -0.4 is 10.0 Å². The summed E-state index contributed by atoms with van der Waals surface area (Å²) >= 11 is 0. The number of hydrogen-bond donors (Lipinski definition) is 2. The average Bonchev–Trinajstić information content (AvgIpc) is 2.82. The van der Waals surface area contributed by atoms with Crippen molar-refractivity contribution >= 4 is 21.6 Å². The van der Waals surface area contributed by atoms with E-state index in [1.165, 1.54) is 25.0 Å². The van der Waals surface area contributed by atoms with E-state index >= 15 is 0 Å². The van der Waals surface area contributed by atoms with Crippen LogP contribution in [0.25, 0.3) is 0 Å². The molecule has 2 rings (SSSR count). The van der Waals surface area contributed by atoms with Crippen LogP contribution >= 0.6 is 0 Å². The number of anilines is 1. The molecule has 134 valence electrons. The Hall–Kier alpha value is -1.44. The molecule has 2 N–H and O–H groups in total. The molecule has 1 aromatic carbocycles. The highest BCUT2D eigenvalue weighted by atomic mass is 32.2. The van der Waals surface area contributed by atoms with Gasteiger partial charge in [-0.05, 0) is 56.6 Å². The molecule has 0 saturated carbocycles. The number of carbonyl (C=O) groups excluding carboxylic acids is 1. The third-order valence-electron chi connectivity index (χ3n) is 4.06. The fourth-order valence-electron chi connectivity index (χ4n) is 2.74. The highest BCUT2D eigenvalue weighted by molar-refractivity contribution is 7.89. The molecule has 1 amide bonds. The lowest BCUT2D eigenvalue weighted by Gasteiger charge is -2.19. The first-order valence-corrected chi connectivity index (χ1v) is 10.1. The fourth-order valence-corrected chi connectivity index (χ4v) is 3.87. The zero-order chi connectivity index (χ0) is 17.4. The first-order valence-electron chi connectivity index (χ1n) is 8.63. The smallest absolute Gasteiger partial charge is 0.240 e. The highest BCUT2D eigenvalue weighted by Crippen LogP contribution is 2.14. The lowest BCUT2D eigenvalue weighted by Crippen LogP contribution is -2.33. The van der Waals surface area contributed by atoms with Gasteiger partial charge in [-0.15, -0.1) is 0 Å². The van der Waals surface area contributed by atoms with E-state index in [9.17, 15) is 13.2 Å². The minimum atomic E-state index is -3.47. The maximum atomic E-state index is 12.1. The normalized spacial score (nSPS) is 16.5. The summed E-state index contributed by atoms with van der Waals surface area (Å²) in [5, 5.41) is 2.84. The van der Waals surface area contributed by atoms with Gasteiger partial charge in [0, 0.05) is 12.2 Å². The second kappa shape index (κ2) is 9.15. The summed E-state index contributed by atoms with van der Waals surface area (Å²) in [6.45, 7) is 4.64. The number of benzene rings is 1. The summed E-state index contributed by atoms with van der Waals surface area (Å²) < 4.78 is 26.6. The number of nitrogens with one attached hydrogen (secondary N) is 2. The topological polar surface area (TPSA) is 78.5 Å². The first-order chi connectivity index (χ1) is 11.5. The van der Waals surface area contributed by atoms with E-state index in [4.69, 9.17) is 0 Å². The van der Waals surface area contributed by atoms with Crippen LogP contribution in [0.1, 0.15) is 39.0 Å². The van der Waals surface area contributed by atoms with Crippen LogP contribution in [0, 0.1) is 0 Å². The number of sulfonamides is 1. The molecular formula is C17H27N3O3S. The summed E-state index contributed by atoms with van der Waals surface area (Å²) in [7, 11) is -3.47. The van der Waals surface area contributed by atoms with Crippen LogP contribution in [0.5, 0.6) is 0 Å². The largest absolute Gasteiger partial charge is 0.325 e. The third kappa shape index (κ3) is 5.89. The molecule has 0 bridgehead atoms. The lowest BCUT2D eigenvalue weighted by molar-refractivity contribution is -0.117. The van der Waals surface area contributed by atoms with E-state index in [0.29, 0.717) is 18.8 Å². The van der Waals surface area contributed by atoms with E-state index < -0.39 is 10.0 Å². The highest BCUT2D eigenvalue weighted by Gasteiger charge is 2.15. The van der Waals surface area contributed by atoms with E-state index in [1.54, 1.807) is 12.1 Å². The predicted molar refractivity (Wildman–Crippen MR) is 95.5 cm³/mol. The average molecular weight is 353 g/mol. The Bertz CT molecular complexity index is 621. The quantitative estimate of drug-likeness (QED) is 0.788. The molecule has 0 aliphatic carbocycles. The van der Waals surface area contributed by atoms with Crippen LogP contribution in [0.4, 0.5) is 5.69 Å². The Balaban J connectivity index is 1.89. The van der Waals surface area contributed by atoms with Gasteiger partial charge in [0.15, 0.2) is 0 Å². The van der Waals surface area contributed by atoms with Gasteiger partial charge < -0.3 is 5.32 Å². The summed E-state index contributed by atoms with van der Waals surface area (Å²) in [6.07, 6.45) is 5.50. The van der Waals surface area contributed by atoms with Gasteiger partial charge in [-0.2, -0.15) is 0 Å². The second-order valence-electron chi connectivity index (χ2n) is 6.16. The third-order valence-corrected chi connectivity index (χ3v) is 5.53. The van der Waals surface area contributed by atoms with Crippen LogP contribution in [0.15, 0.2) is 29.2 Å². The second-order valence-corrected chi connectivity index (χ2v) is 7.93. The van der Waals surface area contributed by atoms with Gasteiger partial charge in [0.2, 0.25) is 15.9 Å². The lowest BCUT2D eigenvalue weighted by atomic mass is 10.2. The standard InChI is InChI=1S/C17H27N3O3S/c1-2-11-18-24(22,23)16-9-7-15(8-10-16)19-17(21)14-20-12-5-3-4-6-13-20/h7-10,18H,2-6,11-14H2,1H3,(H,19,21). The number of amides is 1. The van der Waals surface area contributed by atoms with Crippen molar-refractivity contribution in [2.45, 2.75) is 43.9 Å². The van der Waals surface area contributed by atoms with Gasteiger partial charge in [-0.1, -0.05) is 19.8 Å². The van der Waals surface area contributed by atoms with Gasteiger partial charge in [-0.3, -0.25) is 9.69 Å². The van der Waals surface area contributed by atoms with Crippen molar-refractivity contribution in [3.05, 3.63) is 24.3 Å². The molecule has 0 atom stereocenters. The summed E-state index contributed by atoms with van der Waals surface area (Å²) in [5.41, 5.74) is 0.615. The summed E-state index contributed by atoms with van der Waals surface area (Å²) in [6, 6.07) is 6.28. The Labute approximate surface area is 144 Å². The molecule has 1 aliphatic heterocycles. The van der Waals surface area contributed by atoms with Crippen LogP contribution in [-0.2, 0) is 14.8 Å². The number of hydrogen-bond acceptors (Lipinski definition) is 4. The Morgan fingerprint density at radius 3 is 2.29 bits per heavy atom. The van der Waals surface area contributed by atoms with Gasteiger partial charge >= 0.3 is 0 Å². The molecule has 1 aliphatic rings. The number of carbonyl (C=O) groups is 1. The zero-order valence-corrected chi connectivity index (χ0v) is 15.1. The van der Waals surface area contributed by atoms with Gasteiger partial charge in [0.05, 0.1) is 11.4 Å². The molecule has 1 fully saturated rings. The van der Waals surface area contributed by atoms with Gasteiger partial charge in [0.1, 0.15) is 0 Å². The van der Waals surface area contributed by atoms with Gasteiger partial charge in [-0.25, -0.2) is 13.1 Å². The van der Waals surface area contributed by atoms with E-state index in [2.05, 4.69) is 14.9 Å². The van der Waals surface area contributed by atoms with Crippen molar-refractivity contribution < 1.29 is 13.2 Å². The van der Waals surface area contributed by atoms with Crippen LogP contribution in [-0.4, -0.2) is 45.4 Å². The molecule has 7 heteroatoms. The monoisotopic (exact) mass is 353 g/mol. The molecule has 6 nitrogen and oxygen atoms in total. The van der Waals surface area contributed by atoms with Crippen molar-refractivity contribution in [1.29, 1.82) is 0 Å². The van der Waals surface area contributed by atoms with E-state index in [-0.39, 0.29) is 10.8 Å². The molecule has 1 aromatic rings. The van der Waals surface area contributed by atoms with Crippen molar-refractivity contribution in [3.8, 4) is 0 Å². The zero-order valence-electron chi connectivity index (χ0n) is 14.3. The Morgan fingerprint density at radius 1 is 1.08 bits per heavy atom. The molecule has 1 saturated heterocycles. The molecule has 0 spiro atoms. The van der Waals surface area contributed by atoms with Crippen molar-refractivity contribution in [3.63, 3.8) is 0 Å². The van der Waals surface area contributed by atoms with Crippen molar-refractivity contribution in [1.82, 2.24) is 9.62 Å². The molecule has 0 aromatic heterocycles. The maximum absolute atomic E-state index is 12.1. The molecule has 24 heavy (non-hydrogen) atoms. The number of nitrogens with zero attached hydrogens (tertiary/aromatic N) is 1. The Kier molecular flexibility index (Phi) is 7.20. The van der Waals surface area contributed by atoms with Crippen molar-refractivity contribution in [2.24, 2.45) is 0 Å². The molecule has 0 radical (unpaired) electrons. The Morgan fingerprint density at radius 2 is 1.71 bits per heavy atom.